The molecule has 2 aliphatic rings. The van der Waals surface area contributed by atoms with E-state index in [1.807, 2.05) is 37.3 Å². The maximum absolute atomic E-state index is 12.8. The van der Waals surface area contributed by atoms with Crippen molar-refractivity contribution in [3.63, 3.8) is 0 Å². The van der Waals surface area contributed by atoms with E-state index in [4.69, 9.17) is 0 Å². The van der Waals surface area contributed by atoms with Gasteiger partial charge in [0, 0.05) is 18.8 Å². The first-order valence-electron chi connectivity index (χ1n) is 8.13. The number of thioether (sulfide) groups is 1. The van der Waals surface area contributed by atoms with Gasteiger partial charge in [0.1, 0.15) is 12.6 Å². The van der Waals surface area contributed by atoms with Crippen LogP contribution in [0.5, 0.6) is 0 Å². The summed E-state index contributed by atoms with van der Waals surface area (Å²) in [7, 11) is 0. The third-order valence-electron chi connectivity index (χ3n) is 4.43. The van der Waals surface area contributed by atoms with Crippen LogP contribution in [0, 0.1) is 0 Å². The van der Waals surface area contributed by atoms with Gasteiger partial charge in [-0.25, -0.2) is 0 Å². The quantitative estimate of drug-likeness (QED) is 0.802. The molecule has 1 unspecified atom stereocenters. The van der Waals surface area contributed by atoms with Gasteiger partial charge in [0.25, 0.3) is 0 Å². The standard InChI is InChI=1S/C17H21N3O3S/c1-2-19(15(21)10-18-12-24-11-16(18)22)14-8-9-20(17(14)23)13-6-4-3-5-7-13/h3-7,14H,2,8-12H2,1H3. The van der Waals surface area contributed by atoms with E-state index in [2.05, 4.69) is 0 Å². The predicted octanol–water partition coefficient (Wildman–Crippen LogP) is 1.17. The number of likely N-dealkylation sites (N-methyl/N-ethyl adjacent to an activating group) is 1. The van der Waals surface area contributed by atoms with Crippen molar-refractivity contribution >= 4 is 35.2 Å². The van der Waals surface area contributed by atoms with E-state index in [9.17, 15) is 14.4 Å². The van der Waals surface area contributed by atoms with Crippen molar-refractivity contribution in [2.75, 3.05) is 36.2 Å². The van der Waals surface area contributed by atoms with E-state index in [1.165, 1.54) is 11.8 Å². The summed E-state index contributed by atoms with van der Waals surface area (Å²) in [5.41, 5.74) is 0.861. The van der Waals surface area contributed by atoms with Crippen LogP contribution >= 0.6 is 11.8 Å². The summed E-state index contributed by atoms with van der Waals surface area (Å²) in [6.45, 7) is 3.01. The van der Waals surface area contributed by atoms with E-state index < -0.39 is 6.04 Å². The molecule has 7 heteroatoms. The highest BCUT2D eigenvalue weighted by molar-refractivity contribution is 8.00. The van der Waals surface area contributed by atoms with Gasteiger partial charge in [0.15, 0.2) is 0 Å². The van der Waals surface area contributed by atoms with Crippen LogP contribution in [0.4, 0.5) is 5.69 Å². The Labute approximate surface area is 145 Å². The van der Waals surface area contributed by atoms with Gasteiger partial charge in [-0.2, -0.15) is 0 Å². The number of hydrogen-bond acceptors (Lipinski definition) is 4. The maximum atomic E-state index is 12.8. The van der Waals surface area contributed by atoms with Crippen molar-refractivity contribution in [1.82, 2.24) is 9.80 Å². The molecule has 2 fully saturated rings. The Hall–Kier alpha value is -2.02. The second-order valence-corrected chi connectivity index (χ2v) is 6.83. The number of carbonyl (C=O) groups is 3. The number of carbonyl (C=O) groups excluding carboxylic acids is 3. The molecule has 2 heterocycles. The largest absolute Gasteiger partial charge is 0.329 e. The number of benzene rings is 1. The van der Waals surface area contributed by atoms with Crippen LogP contribution in [0.2, 0.25) is 0 Å². The number of para-hydroxylation sites is 1. The van der Waals surface area contributed by atoms with E-state index in [0.717, 1.165) is 5.69 Å². The molecule has 2 aliphatic heterocycles. The first-order valence-corrected chi connectivity index (χ1v) is 9.28. The Kier molecular flexibility index (Phi) is 5.08. The van der Waals surface area contributed by atoms with Gasteiger partial charge < -0.3 is 14.7 Å². The molecule has 1 atom stereocenters. The minimum atomic E-state index is -0.437. The highest BCUT2D eigenvalue weighted by atomic mass is 32.2. The highest BCUT2D eigenvalue weighted by Gasteiger charge is 2.38. The lowest BCUT2D eigenvalue weighted by atomic mass is 10.2. The number of hydrogen-bond donors (Lipinski definition) is 0. The van der Waals surface area contributed by atoms with Gasteiger partial charge in [-0.15, -0.1) is 11.8 Å². The molecule has 0 spiro atoms. The summed E-state index contributed by atoms with van der Waals surface area (Å²) in [6, 6.07) is 9.07. The van der Waals surface area contributed by atoms with Gasteiger partial charge in [-0.05, 0) is 25.5 Å². The molecule has 0 saturated carbocycles. The van der Waals surface area contributed by atoms with Gasteiger partial charge >= 0.3 is 0 Å². The third-order valence-corrected chi connectivity index (χ3v) is 5.38. The first-order chi connectivity index (χ1) is 11.6. The van der Waals surface area contributed by atoms with Crippen molar-refractivity contribution in [1.29, 1.82) is 0 Å². The Morgan fingerprint density at radius 3 is 2.67 bits per heavy atom. The lowest BCUT2D eigenvalue weighted by Crippen LogP contribution is -2.49. The van der Waals surface area contributed by atoms with Crippen LogP contribution in [-0.2, 0) is 14.4 Å². The van der Waals surface area contributed by atoms with Crippen LogP contribution in [0.15, 0.2) is 30.3 Å². The zero-order chi connectivity index (χ0) is 17.1. The second-order valence-electron chi connectivity index (χ2n) is 5.88. The van der Waals surface area contributed by atoms with Gasteiger partial charge in [0.2, 0.25) is 17.7 Å². The minimum absolute atomic E-state index is 0.00642. The predicted molar refractivity (Wildman–Crippen MR) is 93.6 cm³/mol. The molecule has 0 aliphatic carbocycles. The third kappa shape index (κ3) is 3.26. The normalized spacial score (nSPS) is 20.8. The smallest absolute Gasteiger partial charge is 0.249 e. The molecule has 2 saturated heterocycles. The summed E-state index contributed by atoms with van der Waals surface area (Å²) in [4.78, 5) is 42.0. The molecule has 128 valence electrons. The van der Waals surface area contributed by atoms with Crippen molar-refractivity contribution in [3.8, 4) is 0 Å². The zero-order valence-corrected chi connectivity index (χ0v) is 14.5. The van der Waals surface area contributed by atoms with E-state index in [-0.39, 0.29) is 24.3 Å². The Balaban J connectivity index is 1.68. The molecule has 0 N–H and O–H groups in total. The molecule has 1 aromatic carbocycles. The van der Waals surface area contributed by atoms with Crippen LogP contribution in [0.3, 0.4) is 0 Å². The topological polar surface area (TPSA) is 60.9 Å². The fourth-order valence-electron chi connectivity index (χ4n) is 3.18. The fraction of sp³-hybridized carbons (Fsp3) is 0.471. The SMILES string of the molecule is CCN(C(=O)CN1CSCC1=O)C1CCN(c2ccccc2)C1=O. The molecule has 0 aromatic heterocycles. The summed E-state index contributed by atoms with van der Waals surface area (Å²) in [5.74, 6) is 0.786. The molecule has 6 nitrogen and oxygen atoms in total. The van der Waals surface area contributed by atoms with E-state index in [1.54, 1.807) is 14.7 Å². The Morgan fingerprint density at radius 1 is 1.29 bits per heavy atom. The molecular formula is C17H21N3O3S. The average molecular weight is 347 g/mol. The lowest BCUT2D eigenvalue weighted by molar-refractivity contribution is -0.141. The highest BCUT2D eigenvalue weighted by Crippen LogP contribution is 2.24. The van der Waals surface area contributed by atoms with Crippen LogP contribution in [0.25, 0.3) is 0 Å². The average Bonchev–Trinajstić information content (AvgIpc) is 3.16. The monoisotopic (exact) mass is 347 g/mol. The molecule has 0 radical (unpaired) electrons. The summed E-state index contributed by atoms with van der Waals surface area (Å²) >= 11 is 1.51. The summed E-state index contributed by atoms with van der Waals surface area (Å²) in [6.07, 6.45) is 0.621. The Bertz CT molecular complexity index is 637. The van der Waals surface area contributed by atoms with Crippen molar-refractivity contribution in [2.24, 2.45) is 0 Å². The number of nitrogens with zero attached hydrogens (tertiary/aromatic N) is 3. The van der Waals surface area contributed by atoms with E-state index >= 15 is 0 Å². The van der Waals surface area contributed by atoms with Crippen LogP contribution in [0.1, 0.15) is 13.3 Å². The molecule has 1 aromatic rings. The number of anilines is 1. The number of rotatable bonds is 5. The molecule has 3 amide bonds. The van der Waals surface area contributed by atoms with Crippen LogP contribution in [-0.4, -0.2) is 64.8 Å². The van der Waals surface area contributed by atoms with Crippen molar-refractivity contribution in [3.05, 3.63) is 30.3 Å². The summed E-state index contributed by atoms with van der Waals surface area (Å²) in [5, 5.41) is 0. The number of amides is 3. The second kappa shape index (κ2) is 7.25. The van der Waals surface area contributed by atoms with Crippen molar-refractivity contribution < 1.29 is 14.4 Å². The van der Waals surface area contributed by atoms with E-state index in [0.29, 0.717) is 31.1 Å². The molecule has 24 heavy (non-hydrogen) atoms. The summed E-state index contributed by atoms with van der Waals surface area (Å²) < 4.78 is 0. The van der Waals surface area contributed by atoms with Gasteiger partial charge in [-0.3, -0.25) is 14.4 Å². The molecule has 3 rings (SSSR count). The Morgan fingerprint density at radius 2 is 2.04 bits per heavy atom. The van der Waals surface area contributed by atoms with Crippen LogP contribution < -0.4 is 4.90 Å². The van der Waals surface area contributed by atoms with Gasteiger partial charge in [0.05, 0.1) is 11.6 Å². The molecular weight excluding hydrogens is 326 g/mol. The minimum Gasteiger partial charge on any atom is -0.329 e. The maximum Gasteiger partial charge on any atom is 0.249 e. The fourth-order valence-corrected chi connectivity index (χ4v) is 4.09. The molecule has 0 bridgehead atoms. The lowest BCUT2D eigenvalue weighted by Gasteiger charge is -2.28. The first kappa shape index (κ1) is 16.8. The van der Waals surface area contributed by atoms with Crippen molar-refractivity contribution in [2.45, 2.75) is 19.4 Å². The van der Waals surface area contributed by atoms with Gasteiger partial charge in [-0.1, -0.05) is 18.2 Å². The zero-order valence-electron chi connectivity index (χ0n) is 13.7.